The number of para-hydroxylation sites is 2. The molecule has 0 atom stereocenters. The van der Waals surface area contributed by atoms with Crippen LogP contribution in [0, 0.1) is 11.5 Å². The first-order valence-corrected chi connectivity index (χ1v) is 20.0. The summed E-state index contributed by atoms with van der Waals surface area (Å²) in [5.74, 6) is -1.20. The molecule has 2 aromatic heterocycles. The van der Waals surface area contributed by atoms with Crippen LogP contribution in [-0.4, -0.2) is 25.8 Å². The number of aliphatic hydroxyl groups excluding tert-OH is 1. The molecule has 1 N–H and O–H groups in total. The zero-order valence-electron chi connectivity index (χ0n) is 34.8. The van der Waals surface area contributed by atoms with Gasteiger partial charge in [-0.2, -0.15) is 13.2 Å². The molecule has 0 aliphatic heterocycles. The quantitative estimate of drug-likeness (QED) is 0.128. The second kappa shape index (κ2) is 16.8. The molecule has 0 bridgehead atoms. The molecule has 0 amide bonds. The van der Waals surface area contributed by atoms with Crippen molar-refractivity contribution in [3.63, 3.8) is 0 Å². The Bertz CT molecular complexity index is 2870. The van der Waals surface area contributed by atoms with Crippen molar-refractivity contribution in [3.8, 4) is 61.5 Å². The fourth-order valence-corrected chi connectivity index (χ4v) is 7.53. The summed E-state index contributed by atoms with van der Waals surface area (Å²) in [7, 11) is 0. The molecule has 8 heteroatoms. The fraction of sp³-hybridized carbons (Fsp3) is 0.170. The molecule has 8 aromatic rings. The third-order valence-corrected chi connectivity index (χ3v) is 10.8. The van der Waals surface area contributed by atoms with E-state index in [0.717, 1.165) is 38.9 Å². The maximum atomic E-state index is 15.5. The van der Waals surface area contributed by atoms with E-state index >= 15 is 13.2 Å². The molecule has 61 heavy (non-hydrogen) atoms. The van der Waals surface area contributed by atoms with E-state index in [1.54, 1.807) is 45.2 Å². The van der Waals surface area contributed by atoms with E-state index in [4.69, 9.17) is 9.97 Å². The van der Waals surface area contributed by atoms with Crippen LogP contribution >= 0.6 is 0 Å². The van der Waals surface area contributed by atoms with Crippen LogP contribution in [0.2, 0.25) is 0 Å². The van der Waals surface area contributed by atoms with E-state index in [1.165, 1.54) is 4.57 Å². The Morgan fingerprint density at radius 1 is 0.590 bits per heavy atom. The SMILES string of the molecule is CC(C)(C)/C(O)=C(/c1nc2c(-c3[c-]c(-c4cc(-c5ccc(-c6ccccc6)cc5)ccn4)cc(C(C)(C)C)c3)cccc2n1-c1ccccc1-c1ccccc1)C(F)(F)F.[Pt]. The summed E-state index contributed by atoms with van der Waals surface area (Å²) in [4.78, 5) is 9.67. The van der Waals surface area contributed by atoms with Crippen molar-refractivity contribution in [1.29, 1.82) is 0 Å². The van der Waals surface area contributed by atoms with E-state index in [2.05, 4.69) is 69.3 Å². The van der Waals surface area contributed by atoms with Gasteiger partial charge in [-0.3, -0.25) is 9.55 Å². The second-order valence-electron chi connectivity index (χ2n) is 17.1. The molecule has 0 fully saturated rings. The first-order chi connectivity index (χ1) is 28.6. The smallest absolute Gasteiger partial charge is 0.423 e. The van der Waals surface area contributed by atoms with E-state index < -0.39 is 28.7 Å². The molecule has 0 radical (unpaired) electrons. The van der Waals surface area contributed by atoms with Gasteiger partial charge in [0.2, 0.25) is 0 Å². The van der Waals surface area contributed by atoms with Crippen molar-refractivity contribution in [2.45, 2.75) is 53.1 Å². The number of aromatic nitrogens is 3. The Kier molecular flexibility index (Phi) is 11.8. The second-order valence-corrected chi connectivity index (χ2v) is 17.1. The Labute approximate surface area is 369 Å². The summed E-state index contributed by atoms with van der Waals surface area (Å²) in [5, 5.41) is 11.5. The molecule has 8 rings (SSSR count). The maximum absolute atomic E-state index is 15.5. The number of fused-ring (bicyclic) bond motifs is 1. The predicted octanol–water partition coefficient (Wildman–Crippen LogP) is 14.7. The molecule has 2 heterocycles. The molecule has 0 spiro atoms. The number of pyridine rings is 1. The van der Waals surface area contributed by atoms with Gasteiger partial charge in [0.1, 0.15) is 11.3 Å². The molecule has 0 aliphatic rings. The van der Waals surface area contributed by atoms with Crippen molar-refractivity contribution in [3.05, 3.63) is 181 Å². The summed E-state index contributed by atoms with van der Waals surface area (Å²) in [6.45, 7) is 11.0. The van der Waals surface area contributed by atoms with Gasteiger partial charge >= 0.3 is 6.18 Å². The fourth-order valence-electron chi connectivity index (χ4n) is 7.53. The van der Waals surface area contributed by atoms with Gasteiger partial charge in [0.15, 0.2) is 5.82 Å². The first-order valence-electron chi connectivity index (χ1n) is 20.0. The minimum absolute atomic E-state index is 0. The third-order valence-electron chi connectivity index (χ3n) is 10.8. The number of benzene rings is 6. The van der Waals surface area contributed by atoms with Crippen molar-refractivity contribution in [2.75, 3.05) is 0 Å². The minimum Gasteiger partial charge on any atom is -0.511 e. The molecular weight excluding hydrogens is 947 g/mol. The largest absolute Gasteiger partial charge is 0.511 e. The van der Waals surface area contributed by atoms with Crippen LogP contribution in [0.25, 0.3) is 78.1 Å². The zero-order valence-corrected chi connectivity index (χ0v) is 37.0. The third kappa shape index (κ3) is 8.76. The first kappa shape index (κ1) is 43.1. The minimum atomic E-state index is -4.94. The molecular formula is C53H45F3N3OPt-. The number of alkyl halides is 3. The summed E-state index contributed by atoms with van der Waals surface area (Å²) in [5.41, 5.74) is 8.10. The predicted molar refractivity (Wildman–Crippen MR) is 239 cm³/mol. The molecule has 0 saturated heterocycles. The number of aliphatic hydroxyl groups is 1. The number of imidazole rings is 1. The van der Waals surface area contributed by atoms with E-state index in [0.29, 0.717) is 39.1 Å². The Hall–Kier alpha value is -6.04. The van der Waals surface area contributed by atoms with Crippen molar-refractivity contribution in [2.24, 2.45) is 5.41 Å². The Morgan fingerprint density at radius 3 is 1.77 bits per heavy atom. The molecule has 310 valence electrons. The number of rotatable bonds is 7. The molecule has 0 saturated carbocycles. The van der Waals surface area contributed by atoms with Gasteiger partial charge in [-0.05, 0) is 51.4 Å². The molecule has 4 nitrogen and oxygen atoms in total. The average molecular weight is 992 g/mol. The van der Waals surface area contributed by atoms with Gasteiger partial charge in [0.05, 0.1) is 16.7 Å². The van der Waals surface area contributed by atoms with Crippen LogP contribution in [0.15, 0.2) is 164 Å². The van der Waals surface area contributed by atoms with Gasteiger partial charge in [-0.25, -0.2) is 4.98 Å². The van der Waals surface area contributed by atoms with Gasteiger partial charge in [-0.1, -0.05) is 174 Å². The summed E-state index contributed by atoms with van der Waals surface area (Å²) < 4.78 is 47.9. The van der Waals surface area contributed by atoms with E-state index in [9.17, 15) is 5.11 Å². The van der Waals surface area contributed by atoms with Crippen molar-refractivity contribution < 1.29 is 39.3 Å². The number of hydrogen-bond donors (Lipinski definition) is 1. The monoisotopic (exact) mass is 991 g/mol. The molecule has 0 unspecified atom stereocenters. The van der Waals surface area contributed by atoms with Crippen molar-refractivity contribution >= 4 is 16.6 Å². The zero-order chi connectivity index (χ0) is 42.4. The van der Waals surface area contributed by atoms with E-state index in [1.807, 2.05) is 91.0 Å². The van der Waals surface area contributed by atoms with Gasteiger partial charge in [-0.15, -0.1) is 29.3 Å². The summed E-state index contributed by atoms with van der Waals surface area (Å²) in [6, 6.07) is 52.8. The van der Waals surface area contributed by atoms with Crippen LogP contribution in [-0.2, 0) is 26.5 Å². The van der Waals surface area contributed by atoms with Crippen LogP contribution < -0.4 is 0 Å². The van der Waals surface area contributed by atoms with Crippen molar-refractivity contribution in [1.82, 2.24) is 14.5 Å². The maximum Gasteiger partial charge on any atom is 0.423 e. The van der Waals surface area contributed by atoms with E-state index in [-0.39, 0.29) is 26.5 Å². The standard InChI is InChI=1S/C53H45F3N3O.Pt/c1-51(2,3)41-31-39(30-40(32-41)44-33-38(28-29-57-44)36-26-24-35(25-27-36)34-16-9-7-10-17-34)43-21-15-23-46-48(43)58-50(47(53(54,55)56)49(60)52(4,5)6)59(46)45-22-14-13-20-42(45)37-18-11-8-12-19-37;/h7-29,31-33,60H,1-6H3;/q-1;/b49-47+;. The van der Waals surface area contributed by atoms with Gasteiger partial charge in [0, 0.05) is 43.9 Å². The Morgan fingerprint density at radius 2 is 1.15 bits per heavy atom. The van der Waals surface area contributed by atoms with Gasteiger partial charge < -0.3 is 5.11 Å². The molecule has 6 aromatic carbocycles. The van der Waals surface area contributed by atoms with Gasteiger partial charge in [0.25, 0.3) is 0 Å². The topological polar surface area (TPSA) is 50.9 Å². The number of nitrogens with zero attached hydrogens (tertiary/aromatic N) is 3. The Balaban J connectivity index is 0.00000561. The summed E-state index contributed by atoms with van der Waals surface area (Å²) >= 11 is 0. The normalized spacial score (nSPS) is 12.5. The number of allylic oxidation sites excluding steroid dienone is 2. The van der Waals surface area contributed by atoms with Crippen LogP contribution in [0.1, 0.15) is 52.9 Å². The number of halogens is 3. The van der Waals surface area contributed by atoms with Crippen LogP contribution in [0.3, 0.4) is 0 Å². The van der Waals surface area contributed by atoms with Crippen LogP contribution in [0.5, 0.6) is 0 Å². The molecule has 0 aliphatic carbocycles. The van der Waals surface area contributed by atoms with Crippen LogP contribution in [0.4, 0.5) is 13.2 Å². The number of hydrogen-bond acceptors (Lipinski definition) is 3. The average Bonchev–Trinajstić information content (AvgIpc) is 3.62. The summed E-state index contributed by atoms with van der Waals surface area (Å²) in [6.07, 6.45) is -3.15.